The summed E-state index contributed by atoms with van der Waals surface area (Å²) in [5, 5.41) is 9.08. The van der Waals surface area contributed by atoms with Gasteiger partial charge in [-0.1, -0.05) is 0 Å². The third-order valence-corrected chi connectivity index (χ3v) is 5.57. The minimum atomic E-state index is -0.645. The van der Waals surface area contributed by atoms with Gasteiger partial charge in [-0.3, -0.25) is 9.69 Å². The van der Waals surface area contributed by atoms with Gasteiger partial charge < -0.3 is 5.11 Å². The van der Waals surface area contributed by atoms with Gasteiger partial charge in [-0.15, -0.1) is 11.3 Å². The molecule has 1 saturated heterocycles. The highest BCUT2D eigenvalue weighted by atomic mass is 79.9. The Morgan fingerprint density at radius 1 is 1.61 bits per heavy atom. The van der Waals surface area contributed by atoms with E-state index >= 15 is 0 Å². The molecule has 0 amide bonds. The Morgan fingerprint density at radius 3 is 2.83 bits per heavy atom. The summed E-state index contributed by atoms with van der Waals surface area (Å²) in [5.74, 6) is -0.813. The van der Waals surface area contributed by atoms with Crippen molar-refractivity contribution in [2.45, 2.75) is 38.8 Å². The molecular formula is C13H18BrNO2S. The molecule has 1 aliphatic rings. The highest BCUT2D eigenvalue weighted by Crippen LogP contribution is 2.35. The van der Waals surface area contributed by atoms with E-state index < -0.39 is 5.97 Å². The zero-order chi connectivity index (χ0) is 13.3. The van der Waals surface area contributed by atoms with E-state index in [0.29, 0.717) is 12.1 Å². The summed E-state index contributed by atoms with van der Waals surface area (Å²) >= 11 is 5.25. The first-order valence-electron chi connectivity index (χ1n) is 6.23. The van der Waals surface area contributed by atoms with Gasteiger partial charge >= 0.3 is 5.97 Å². The van der Waals surface area contributed by atoms with Crippen LogP contribution in [-0.4, -0.2) is 28.6 Å². The summed E-state index contributed by atoms with van der Waals surface area (Å²) in [5.41, 5.74) is 0. The van der Waals surface area contributed by atoms with E-state index in [1.165, 1.54) is 4.88 Å². The van der Waals surface area contributed by atoms with Crippen LogP contribution in [0.3, 0.4) is 0 Å². The molecule has 0 spiro atoms. The fourth-order valence-corrected chi connectivity index (χ4v) is 4.20. The smallest absolute Gasteiger partial charge is 0.306 e. The van der Waals surface area contributed by atoms with Crippen molar-refractivity contribution in [3.05, 3.63) is 20.8 Å². The van der Waals surface area contributed by atoms with Crippen molar-refractivity contribution in [2.24, 2.45) is 5.92 Å². The van der Waals surface area contributed by atoms with Gasteiger partial charge in [0.25, 0.3) is 0 Å². The van der Waals surface area contributed by atoms with Crippen molar-refractivity contribution in [2.75, 3.05) is 6.54 Å². The average molecular weight is 332 g/mol. The van der Waals surface area contributed by atoms with E-state index in [4.69, 9.17) is 5.11 Å². The number of carboxylic acid groups (broad SMARTS) is 1. The standard InChI is InChI=1S/C13H18BrNO2S/c1-8-7-10(13(16)17)5-6-15(8)9(2)11-3-4-12(14)18-11/h3-4,8-10H,5-7H2,1-2H3,(H,16,17). The van der Waals surface area contributed by atoms with E-state index in [2.05, 4.69) is 46.8 Å². The Kier molecular flexibility index (Phi) is 4.45. The van der Waals surface area contributed by atoms with Crippen LogP contribution in [0.25, 0.3) is 0 Å². The number of likely N-dealkylation sites (tertiary alicyclic amines) is 1. The number of nitrogens with zero attached hydrogens (tertiary/aromatic N) is 1. The fourth-order valence-electron chi connectivity index (χ4n) is 2.71. The quantitative estimate of drug-likeness (QED) is 0.916. The Balaban J connectivity index is 2.04. The lowest BCUT2D eigenvalue weighted by Crippen LogP contribution is -2.43. The molecule has 0 saturated carbocycles. The van der Waals surface area contributed by atoms with Gasteiger partial charge in [0.2, 0.25) is 0 Å². The molecule has 18 heavy (non-hydrogen) atoms. The van der Waals surface area contributed by atoms with Gasteiger partial charge in [-0.2, -0.15) is 0 Å². The molecule has 2 heterocycles. The van der Waals surface area contributed by atoms with E-state index in [1.54, 1.807) is 11.3 Å². The van der Waals surface area contributed by atoms with Crippen LogP contribution in [0.4, 0.5) is 0 Å². The fraction of sp³-hybridized carbons (Fsp3) is 0.615. The van der Waals surface area contributed by atoms with E-state index in [1.807, 2.05) is 0 Å². The first kappa shape index (κ1) is 14.0. The summed E-state index contributed by atoms with van der Waals surface area (Å²) in [7, 11) is 0. The summed E-state index contributed by atoms with van der Waals surface area (Å²) in [6, 6.07) is 4.92. The summed E-state index contributed by atoms with van der Waals surface area (Å²) < 4.78 is 1.15. The lowest BCUT2D eigenvalue weighted by atomic mass is 9.90. The first-order chi connectivity index (χ1) is 8.49. The normalized spacial score (nSPS) is 27.1. The topological polar surface area (TPSA) is 40.5 Å². The molecule has 1 aliphatic heterocycles. The maximum Gasteiger partial charge on any atom is 0.306 e. The molecule has 1 aromatic heterocycles. The van der Waals surface area contributed by atoms with E-state index in [-0.39, 0.29) is 5.92 Å². The minimum absolute atomic E-state index is 0.168. The monoisotopic (exact) mass is 331 g/mol. The van der Waals surface area contributed by atoms with Gasteiger partial charge in [0, 0.05) is 17.0 Å². The molecule has 0 aromatic carbocycles. The van der Waals surface area contributed by atoms with Crippen molar-refractivity contribution >= 4 is 33.2 Å². The average Bonchev–Trinajstić information content (AvgIpc) is 2.74. The predicted octanol–water partition coefficient (Wildman–Crippen LogP) is 3.76. The van der Waals surface area contributed by atoms with Crippen molar-refractivity contribution in [3.8, 4) is 0 Å². The highest BCUT2D eigenvalue weighted by Gasteiger charge is 2.32. The van der Waals surface area contributed by atoms with Crippen molar-refractivity contribution in [3.63, 3.8) is 0 Å². The first-order valence-corrected chi connectivity index (χ1v) is 7.83. The van der Waals surface area contributed by atoms with Crippen LogP contribution in [0, 0.1) is 5.92 Å². The molecule has 100 valence electrons. The zero-order valence-corrected chi connectivity index (χ0v) is 13.0. The molecule has 0 aliphatic carbocycles. The number of halogens is 1. The molecule has 3 atom stereocenters. The Hall–Kier alpha value is -0.390. The van der Waals surface area contributed by atoms with Gasteiger partial charge in [0.05, 0.1) is 9.70 Å². The third kappa shape index (κ3) is 2.95. The molecule has 3 nitrogen and oxygen atoms in total. The number of thiophene rings is 1. The molecule has 1 aromatic rings. The number of rotatable bonds is 3. The highest BCUT2D eigenvalue weighted by molar-refractivity contribution is 9.11. The molecule has 1 fully saturated rings. The number of carbonyl (C=O) groups is 1. The second-order valence-corrected chi connectivity index (χ2v) is 7.46. The molecule has 3 unspecified atom stereocenters. The van der Waals surface area contributed by atoms with Crippen molar-refractivity contribution in [1.82, 2.24) is 4.90 Å². The van der Waals surface area contributed by atoms with Crippen LogP contribution in [0.1, 0.15) is 37.6 Å². The van der Waals surface area contributed by atoms with Crippen LogP contribution in [0.2, 0.25) is 0 Å². The molecule has 5 heteroatoms. The second kappa shape index (κ2) is 5.72. The van der Waals surface area contributed by atoms with Crippen LogP contribution < -0.4 is 0 Å². The van der Waals surface area contributed by atoms with Crippen LogP contribution in [0.15, 0.2) is 15.9 Å². The van der Waals surface area contributed by atoms with Crippen LogP contribution in [-0.2, 0) is 4.79 Å². The van der Waals surface area contributed by atoms with Crippen molar-refractivity contribution in [1.29, 1.82) is 0 Å². The number of hydrogen-bond donors (Lipinski definition) is 1. The molecule has 1 N–H and O–H groups in total. The molecule has 2 rings (SSSR count). The molecule has 0 bridgehead atoms. The molecule has 0 radical (unpaired) electrons. The van der Waals surface area contributed by atoms with Gasteiger partial charge in [0.1, 0.15) is 0 Å². The van der Waals surface area contributed by atoms with Gasteiger partial charge in [-0.25, -0.2) is 0 Å². The Bertz CT molecular complexity index is 434. The minimum Gasteiger partial charge on any atom is -0.481 e. The number of carboxylic acids is 1. The second-order valence-electron chi connectivity index (χ2n) is 4.96. The van der Waals surface area contributed by atoms with Crippen LogP contribution >= 0.6 is 27.3 Å². The van der Waals surface area contributed by atoms with E-state index in [0.717, 1.165) is 23.2 Å². The number of hydrogen-bond acceptors (Lipinski definition) is 3. The maximum absolute atomic E-state index is 11.0. The Morgan fingerprint density at radius 2 is 2.33 bits per heavy atom. The number of piperidine rings is 1. The summed E-state index contributed by atoms with van der Waals surface area (Å²) in [6.07, 6.45) is 1.52. The lowest BCUT2D eigenvalue weighted by Gasteiger charge is -2.39. The maximum atomic E-state index is 11.0. The lowest BCUT2D eigenvalue weighted by molar-refractivity contribution is -0.144. The van der Waals surface area contributed by atoms with Crippen molar-refractivity contribution < 1.29 is 9.90 Å². The zero-order valence-electron chi connectivity index (χ0n) is 10.6. The van der Waals surface area contributed by atoms with E-state index in [9.17, 15) is 4.79 Å². The summed E-state index contributed by atoms with van der Waals surface area (Å²) in [4.78, 5) is 14.8. The van der Waals surface area contributed by atoms with Gasteiger partial charge in [-0.05, 0) is 61.3 Å². The summed E-state index contributed by atoms with van der Waals surface area (Å²) in [6.45, 7) is 5.21. The van der Waals surface area contributed by atoms with Crippen LogP contribution in [0.5, 0.6) is 0 Å². The van der Waals surface area contributed by atoms with Gasteiger partial charge in [0.15, 0.2) is 0 Å². The third-order valence-electron chi connectivity index (χ3n) is 3.78. The largest absolute Gasteiger partial charge is 0.481 e. The molecular weight excluding hydrogens is 314 g/mol. The SMILES string of the molecule is CC1CC(C(=O)O)CCN1C(C)c1ccc(Br)s1. The Labute approximate surface area is 120 Å². The number of aliphatic carboxylic acids is 1. The predicted molar refractivity (Wildman–Crippen MR) is 77.0 cm³/mol.